The van der Waals surface area contributed by atoms with Crippen LogP contribution in [0.4, 0.5) is 5.69 Å². The lowest BCUT2D eigenvalue weighted by molar-refractivity contribution is -0.121. The normalized spacial score (nSPS) is 12.3. The molecule has 1 atom stereocenters. The molecule has 1 aromatic rings. The Morgan fingerprint density at radius 1 is 1.39 bits per heavy atom. The van der Waals surface area contributed by atoms with Gasteiger partial charge in [0.2, 0.25) is 0 Å². The van der Waals surface area contributed by atoms with E-state index in [4.69, 9.17) is 9.84 Å². The second kappa shape index (κ2) is 6.52. The zero-order valence-electron chi connectivity index (χ0n) is 11.4. The molecular weight excluding hydrogens is 230 g/mol. The summed E-state index contributed by atoms with van der Waals surface area (Å²) < 4.78 is 5.10. The van der Waals surface area contributed by atoms with Crippen molar-refractivity contribution < 1.29 is 14.6 Å². The molecule has 0 bridgehead atoms. The number of anilines is 1. The Kier molecular flexibility index (Phi) is 5.31. The fourth-order valence-electron chi connectivity index (χ4n) is 2.17. The second-order valence-corrected chi connectivity index (χ2v) is 4.47. The van der Waals surface area contributed by atoms with E-state index in [1.807, 2.05) is 39.0 Å². The van der Waals surface area contributed by atoms with E-state index in [-0.39, 0.29) is 11.9 Å². The number of rotatable bonds is 5. The van der Waals surface area contributed by atoms with Crippen molar-refractivity contribution in [3.8, 4) is 0 Å². The molecule has 0 heterocycles. The van der Waals surface area contributed by atoms with Crippen LogP contribution in [0.3, 0.4) is 0 Å². The fourth-order valence-corrected chi connectivity index (χ4v) is 2.17. The van der Waals surface area contributed by atoms with Crippen molar-refractivity contribution in [2.75, 3.05) is 25.2 Å². The maximum absolute atomic E-state index is 12.0. The lowest BCUT2D eigenvalue weighted by Crippen LogP contribution is -2.43. The molecule has 1 amide bonds. The Morgan fingerprint density at radius 2 is 1.94 bits per heavy atom. The number of carbonyl (C=O) groups is 1. The van der Waals surface area contributed by atoms with Crippen LogP contribution in [0.5, 0.6) is 0 Å². The molecule has 0 aromatic heterocycles. The van der Waals surface area contributed by atoms with Gasteiger partial charge in [-0.2, -0.15) is 0 Å². The molecule has 4 nitrogen and oxygen atoms in total. The predicted octanol–water partition coefficient (Wildman–Crippen LogP) is 1.66. The van der Waals surface area contributed by atoms with Crippen molar-refractivity contribution in [3.05, 3.63) is 29.3 Å². The summed E-state index contributed by atoms with van der Waals surface area (Å²) in [5, 5.41) is 9.13. The Hall–Kier alpha value is -1.39. The van der Waals surface area contributed by atoms with Gasteiger partial charge in [0.15, 0.2) is 0 Å². The molecule has 0 aliphatic rings. The van der Waals surface area contributed by atoms with Crippen molar-refractivity contribution in [1.29, 1.82) is 0 Å². The van der Waals surface area contributed by atoms with E-state index < -0.39 is 6.61 Å². The number of aliphatic hydroxyl groups excluding tert-OH is 1. The van der Waals surface area contributed by atoms with Crippen LogP contribution in [-0.2, 0) is 9.53 Å². The number of aryl methyl sites for hydroxylation is 2. The molecule has 1 aromatic carbocycles. The average molecular weight is 251 g/mol. The van der Waals surface area contributed by atoms with Gasteiger partial charge in [-0.3, -0.25) is 4.79 Å². The van der Waals surface area contributed by atoms with E-state index in [9.17, 15) is 4.79 Å². The molecule has 100 valence electrons. The number of carbonyl (C=O) groups excluding carboxylic acids is 1. The van der Waals surface area contributed by atoms with Crippen LogP contribution in [0.25, 0.3) is 0 Å². The third-order valence-corrected chi connectivity index (χ3v) is 2.93. The molecule has 4 heteroatoms. The average Bonchev–Trinajstić information content (AvgIpc) is 2.33. The molecular formula is C14H21NO3. The molecule has 0 saturated heterocycles. The van der Waals surface area contributed by atoms with Gasteiger partial charge in [0.1, 0.15) is 6.61 Å². The quantitative estimate of drug-likeness (QED) is 0.866. The minimum absolute atomic E-state index is 0.116. The van der Waals surface area contributed by atoms with E-state index in [1.54, 1.807) is 12.0 Å². The van der Waals surface area contributed by atoms with Crippen molar-refractivity contribution in [2.45, 2.75) is 26.8 Å². The minimum atomic E-state index is -0.498. The number of hydrogen-bond acceptors (Lipinski definition) is 3. The maximum atomic E-state index is 12.0. The van der Waals surface area contributed by atoms with Gasteiger partial charge < -0.3 is 14.7 Å². The zero-order valence-corrected chi connectivity index (χ0v) is 11.4. The number of ether oxygens (including phenoxy) is 1. The van der Waals surface area contributed by atoms with Crippen LogP contribution in [0.1, 0.15) is 18.1 Å². The van der Waals surface area contributed by atoms with Gasteiger partial charge in [-0.25, -0.2) is 0 Å². The summed E-state index contributed by atoms with van der Waals surface area (Å²) in [5.74, 6) is -0.308. The number of amides is 1. The number of methoxy groups -OCH3 is 1. The van der Waals surface area contributed by atoms with Gasteiger partial charge in [-0.15, -0.1) is 0 Å². The van der Waals surface area contributed by atoms with Crippen molar-refractivity contribution in [1.82, 2.24) is 0 Å². The van der Waals surface area contributed by atoms with Gasteiger partial charge in [0.25, 0.3) is 5.91 Å². The number of nitrogens with zero attached hydrogens (tertiary/aromatic N) is 1. The van der Waals surface area contributed by atoms with E-state index >= 15 is 0 Å². The zero-order chi connectivity index (χ0) is 13.7. The molecule has 0 aliphatic heterocycles. The summed E-state index contributed by atoms with van der Waals surface area (Å²) in [4.78, 5) is 13.6. The van der Waals surface area contributed by atoms with E-state index in [0.717, 1.165) is 16.8 Å². The van der Waals surface area contributed by atoms with Crippen LogP contribution >= 0.6 is 0 Å². The summed E-state index contributed by atoms with van der Waals surface area (Å²) in [6.07, 6.45) is 0. The first-order chi connectivity index (χ1) is 8.52. The molecule has 0 fully saturated rings. The fraction of sp³-hybridized carbons (Fsp3) is 0.500. The number of para-hydroxylation sites is 1. The van der Waals surface area contributed by atoms with E-state index in [2.05, 4.69) is 0 Å². The first-order valence-electron chi connectivity index (χ1n) is 6.01. The summed E-state index contributed by atoms with van der Waals surface area (Å²) in [7, 11) is 1.60. The maximum Gasteiger partial charge on any atom is 0.253 e. The van der Waals surface area contributed by atoms with Gasteiger partial charge in [-0.05, 0) is 31.9 Å². The molecule has 1 rings (SSSR count). The smallest absolute Gasteiger partial charge is 0.253 e. The van der Waals surface area contributed by atoms with Gasteiger partial charge in [0, 0.05) is 12.8 Å². The highest BCUT2D eigenvalue weighted by molar-refractivity contribution is 5.96. The summed E-state index contributed by atoms with van der Waals surface area (Å²) in [5.41, 5.74) is 2.89. The van der Waals surface area contributed by atoms with Gasteiger partial charge in [-0.1, -0.05) is 18.2 Å². The molecule has 0 radical (unpaired) electrons. The molecule has 1 unspecified atom stereocenters. The van der Waals surface area contributed by atoms with Crippen molar-refractivity contribution >= 4 is 11.6 Å². The Bertz CT molecular complexity index is 397. The summed E-state index contributed by atoms with van der Waals surface area (Å²) in [6.45, 7) is 5.75. The number of hydrogen-bond donors (Lipinski definition) is 1. The topological polar surface area (TPSA) is 49.8 Å². The van der Waals surface area contributed by atoms with Crippen LogP contribution < -0.4 is 4.90 Å². The Balaban J connectivity index is 3.21. The minimum Gasteiger partial charge on any atom is -0.387 e. The molecule has 0 saturated carbocycles. The van der Waals surface area contributed by atoms with Crippen LogP contribution in [0.2, 0.25) is 0 Å². The summed E-state index contributed by atoms with van der Waals surface area (Å²) in [6, 6.07) is 5.75. The van der Waals surface area contributed by atoms with Gasteiger partial charge in [0.05, 0.1) is 12.6 Å². The largest absolute Gasteiger partial charge is 0.387 e. The van der Waals surface area contributed by atoms with Crippen molar-refractivity contribution in [3.63, 3.8) is 0 Å². The standard InChI is InChI=1S/C14H21NO3/c1-10-6-5-7-11(2)14(10)15(13(17)8-16)12(3)9-18-4/h5-7,12,16H,8-9H2,1-4H3. The molecule has 0 aliphatic carbocycles. The molecule has 0 spiro atoms. The van der Waals surface area contributed by atoms with Crippen LogP contribution in [0.15, 0.2) is 18.2 Å². The first-order valence-corrected chi connectivity index (χ1v) is 6.01. The van der Waals surface area contributed by atoms with E-state index in [1.165, 1.54) is 0 Å². The van der Waals surface area contributed by atoms with Crippen molar-refractivity contribution in [2.24, 2.45) is 0 Å². The Labute approximate surface area is 108 Å². The third-order valence-electron chi connectivity index (χ3n) is 2.93. The first kappa shape index (κ1) is 14.7. The van der Waals surface area contributed by atoms with Crippen LogP contribution in [0, 0.1) is 13.8 Å². The van der Waals surface area contributed by atoms with Gasteiger partial charge >= 0.3 is 0 Å². The third kappa shape index (κ3) is 3.09. The monoisotopic (exact) mass is 251 g/mol. The lowest BCUT2D eigenvalue weighted by Gasteiger charge is -2.31. The lowest BCUT2D eigenvalue weighted by atomic mass is 10.1. The molecule has 18 heavy (non-hydrogen) atoms. The number of aliphatic hydroxyl groups is 1. The highest BCUT2D eigenvalue weighted by atomic mass is 16.5. The second-order valence-electron chi connectivity index (χ2n) is 4.47. The SMILES string of the molecule is COCC(C)N(C(=O)CO)c1c(C)cccc1C. The van der Waals surface area contributed by atoms with E-state index in [0.29, 0.717) is 6.61 Å². The highest BCUT2D eigenvalue weighted by Crippen LogP contribution is 2.26. The highest BCUT2D eigenvalue weighted by Gasteiger charge is 2.23. The van der Waals surface area contributed by atoms with Crippen LogP contribution in [-0.4, -0.2) is 37.4 Å². The Morgan fingerprint density at radius 3 is 2.39 bits per heavy atom. The number of benzene rings is 1. The summed E-state index contributed by atoms with van der Waals surface area (Å²) >= 11 is 0. The molecule has 1 N–H and O–H groups in total. The predicted molar refractivity (Wildman–Crippen MR) is 71.8 cm³/mol.